The third-order valence-corrected chi connectivity index (χ3v) is 6.17. The Balaban J connectivity index is 1.41. The zero-order chi connectivity index (χ0) is 23.0. The lowest BCUT2D eigenvalue weighted by molar-refractivity contribution is 0.269. The van der Waals surface area contributed by atoms with Crippen LogP contribution in [0.15, 0.2) is 54.7 Å². The minimum absolute atomic E-state index is 0.172. The van der Waals surface area contributed by atoms with E-state index < -0.39 is 0 Å². The standard InChI is InChI=1S/C25H29ClFN5O/c26-22-16-30-25(31-20-9-7-19(8-10-20)28-11-12-33)14-21(22)23-5-2-6-24(32-23)29-15-17-3-1-4-18(27)13-17/h1-6,13-14,16,19-20,28,33H,7-12,15H2,(H,29,32)(H,30,31)/t19-,20-. The largest absolute Gasteiger partial charge is 0.395 e. The van der Waals surface area contributed by atoms with Crippen LogP contribution in [0.3, 0.4) is 0 Å². The van der Waals surface area contributed by atoms with Gasteiger partial charge < -0.3 is 21.1 Å². The van der Waals surface area contributed by atoms with Gasteiger partial charge in [-0.25, -0.2) is 14.4 Å². The van der Waals surface area contributed by atoms with Crippen LogP contribution in [-0.2, 0) is 6.54 Å². The number of aliphatic hydroxyl groups is 1. The van der Waals surface area contributed by atoms with Gasteiger partial charge in [0.15, 0.2) is 0 Å². The van der Waals surface area contributed by atoms with Gasteiger partial charge in [-0.1, -0.05) is 29.8 Å². The van der Waals surface area contributed by atoms with Gasteiger partial charge in [0.1, 0.15) is 17.5 Å². The Morgan fingerprint density at radius 3 is 2.58 bits per heavy atom. The van der Waals surface area contributed by atoms with Crippen LogP contribution >= 0.6 is 11.6 Å². The summed E-state index contributed by atoms with van der Waals surface area (Å²) in [6.45, 7) is 1.29. The van der Waals surface area contributed by atoms with Gasteiger partial charge in [0, 0.05) is 36.9 Å². The second-order valence-electron chi connectivity index (χ2n) is 8.31. The van der Waals surface area contributed by atoms with Crippen molar-refractivity contribution < 1.29 is 9.50 Å². The Morgan fingerprint density at radius 2 is 1.79 bits per heavy atom. The number of halogens is 2. The van der Waals surface area contributed by atoms with Crippen LogP contribution in [-0.4, -0.2) is 40.3 Å². The zero-order valence-corrected chi connectivity index (χ0v) is 19.2. The Kier molecular flexibility index (Phi) is 8.10. The van der Waals surface area contributed by atoms with Crippen LogP contribution in [0.1, 0.15) is 31.2 Å². The first-order valence-corrected chi connectivity index (χ1v) is 11.7. The molecule has 1 aromatic carbocycles. The number of rotatable bonds is 9. The molecule has 4 N–H and O–H groups in total. The van der Waals surface area contributed by atoms with E-state index in [1.165, 1.54) is 12.1 Å². The van der Waals surface area contributed by atoms with Gasteiger partial charge >= 0.3 is 0 Å². The maximum atomic E-state index is 13.4. The van der Waals surface area contributed by atoms with E-state index in [4.69, 9.17) is 21.7 Å². The highest BCUT2D eigenvalue weighted by atomic mass is 35.5. The maximum absolute atomic E-state index is 13.4. The summed E-state index contributed by atoms with van der Waals surface area (Å²) in [6, 6.07) is 15.0. The fourth-order valence-corrected chi connectivity index (χ4v) is 4.36. The van der Waals surface area contributed by atoms with Gasteiger partial charge in [-0.05, 0) is 61.6 Å². The van der Waals surface area contributed by atoms with E-state index >= 15 is 0 Å². The number of hydrogen-bond acceptors (Lipinski definition) is 6. The predicted octanol–water partition coefficient (Wildman–Crippen LogP) is 4.85. The summed E-state index contributed by atoms with van der Waals surface area (Å²) in [6.07, 6.45) is 5.88. The SMILES string of the molecule is OCCN[C@H]1CC[C@H](Nc2cc(-c3cccc(NCc4cccc(F)c4)n3)c(Cl)cn2)CC1. The normalized spacial score (nSPS) is 18.2. The zero-order valence-electron chi connectivity index (χ0n) is 18.4. The molecule has 0 saturated heterocycles. The second-order valence-corrected chi connectivity index (χ2v) is 8.72. The molecule has 3 aromatic rings. The van der Waals surface area contributed by atoms with E-state index in [0.717, 1.165) is 48.3 Å². The highest BCUT2D eigenvalue weighted by Crippen LogP contribution is 2.30. The predicted molar refractivity (Wildman–Crippen MR) is 131 cm³/mol. The molecule has 33 heavy (non-hydrogen) atoms. The van der Waals surface area contributed by atoms with E-state index in [1.54, 1.807) is 12.3 Å². The monoisotopic (exact) mass is 469 g/mol. The molecule has 2 heterocycles. The summed E-state index contributed by atoms with van der Waals surface area (Å²) in [7, 11) is 0. The minimum Gasteiger partial charge on any atom is -0.395 e. The molecule has 8 heteroatoms. The number of pyridine rings is 2. The average Bonchev–Trinajstić information content (AvgIpc) is 2.84. The van der Waals surface area contributed by atoms with Crippen LogP contribution in [0, 0.1) is 5.82 Å². The maximum Gasteiger partial charge on any atom is 0.126 e. The molecule has 1 aliphatic carbocycles. The number of anilines is 2. The lowest BCUT2D eigenvalue weighted by Crippen LogP contribution is -2.38. The highest BCUT2D eigenvalue weighted by molar-refractivity contribution is 6.33. The smallest absolute Gasteiger partial charge is 0.126 e. The summed E-state index contributed by atoms with van der Waals surface area (Å²) < 4.78 is 13.4. The van der Waals surface area contributed by atoms with Crippen LogP contribution in [0.4, 0.5) is 16.0 Å². The molecule has 0 bridgehead atoms. The fourth-order valence-electron chi connectivity index (χ4n) is 4.16. The molecule has 0 unspecified atom stereocenters. The highest BCUT2D eigenvalue weighted by Gasteiger charge is 2.21. The Bertz CT molecular complexity index is 1060. The first-order valence-electron chi connectivity index (χ1n) is 11.3. The Morgan fingerprint density at radius 1 is 1.00 bits per heavy atom. The number of hydrogen-bond donors (Lipinski definition) is 4. The molecule has 0 radical (unpaired) electrons. The quantitative estimate of drug-likeness (QED) is 0.358. The van der Waals surface area contributed by atoms with Gasteiger partial charge in [0.05, 0.1) is 17.3 Å². The molecule has 0 aliphatic heterocycles. The van der Waals surface area contributed by atoms with Crippen molar-refractivity contribution in [2.45, 2.75) is 44.3 Å². The van der Waals surface area contributed by atoms with Crippen LogP contribution in [0.5, 0.6) is 0 Å². The van der Waals surface area contributed by atoms with E-state index in [1.807, 2.05) is 30.3 Å². The molecule has 2 aromatic heterocycles. The Hall–Kier alpha value is -2.74. The first kappa shape index (κ1) is 23.4. The molecule has 174 valence electrons. The summed E-state index contributed by atoms with van der Waals surface area (Å²) in [5.74, 6) is 1.21. The van der Waals surface area contributed by atoms with Crippen molar-refractivity contribution in [3.05, 3.63) is 71.1 Å². The van der Waals surface area contributed by atoms with Crippen LogP contribution in [0.25, 0.3) is 11.3 Å². The summed E-state index contributed by atoms with van der Waals surface area (Å²) in [4.78, 5) is 9.16. The van der Waals surface area contributed by atoms with Gasteiger partial charge in [-0.2, -0.15) is 0 Å². The van der Waals surface area contributed by atoms with Crippen molar-refractivity contribution in [1.29, 1.82) is 0 Å². The van der Waals surface area contributed by atoms with Crippen molar-refractivity contribution >= 4 is 23.2 Å². The van der Waals surface area contributed by atoms with Crippen molar-refractivity contribution in [3.8, 4) is 11.3 Å². The van der Waals surface area contributed by atoms with Crippen molar-refractivity contribution in [2.24, 2.45) is 0 Å². The van der Waals surface area contributed by atoms with Crippen molar-refractivity contribution in [2.75, 3.05) is 23.8 Å². The lowest BCUT2D eigenvalue weighted by atomic mass is 9.91. The Labute approximate surface area is 198 Å². The van der Waals surface area contributed by atoms with E-state index in [9.17, 15) is 4.39 Å². The van der Waals surface area contributed by atoms with E-state index in [0.29, 0.717) is 36.0 Å². The summed E-state index contributed by atoms with van der Waals surface area (Å²) >= 11 is 6.46. The molecule has 4 rings (SSSR count). The molecular weight excluding hydrogens is 441 g/mol. The van der Waals surface area contributed by atoms with Crippen LogP contribution in [0.2, 0.25) is 5.02 Å². The minimum atomic E-state index is -0.255. The molecule has 1 fully saturated rings. The summed E-state index contributed by atoms with van der Waals surface area (Å²) in [5, 5.41) is 19.7. The molecule has 1 saturated carbocycles. The van der Waals surface area contributed by atoms with Gasteiger partial charge in [0.25, 0.3) is 0 Å². The first-order chi connectivity index (χ1) is 16.1. The van der Waals surface area contributed by atoms with Gasteiger partial charge in [-0.15, -0.1) is 0 Å². The third kappa shape index (κ3) is 6.63. The molecule has 0 atom stereocenters. The second kappa shape index (κ2) is 11.4. The van der Waals surface area contributed by atoms with Gasteiger partial charge in [0.2, 0.25) is 0 Å². The molecular formula is C25H29ClFN5O. The lowest BCUT2D eigenvalue weighted by Gasteiger charge is -2.30. The van der Waals surface area contributed by atoms with Gasteiger partial charge in [-0.3, -0.25) is 0 Å². The number of aliphatic hydroxyl groups excluding tert-OH is 1. The number of benzene rings is 1. The topological polar surface area (TPSA) is 82.1 Å². The fraction of sp³-hybridized carbons (Fsp3) is 0.360. The van der Waals surface area contributed by atoms with E-state index in [2.05, 4.69) is 20.9 Å². The average molecular weight is 470 g/mol. The van der Waals surface area contributed by atoms with Crippen molar-refractivity contribution in [1.82, 2.24) is 15.3 Å². The third-order valence-electron chi connectivity index (χ3n) is 5.87. The molecule has 0 amide bonds. The molecule has 6 nitrogen and oxygen atoms in total. The summed E-state index contributed by atoms with van der Waals surface area (Å²) in [5.41, 5.74) is 2.39. The van der Waals surface area contributed by atoms with E-state index in [-0.39, 0.29) is 12.4 Å². The number of nitrogens with zero attached hydrogens (tertiary/aromatic N) is 2. The van der Waals surface area contributed by atoms with Crippen LogP contribution < -0.4 is 16.0 Å². The molecule has 1 aliphatic rings. The number of aromatic nitrogens is 2. The molecule has 0 spiro atoms. The number of nitrogens with one attached hydrogen (secondary N) is 3. The van der Waals surface area contributed by atoms with Crippen molar-refractivity contribution in [3.63, 3.8) is 0 Å².